The smallest absolute Gasteiger partial charge is 0.253 e. The molecule has 0 saturated carbocycles. The van der Waals surface area contributed by atoms with E-state index >= 15 is 0 Å². The Morgan fingerprint density at radius 3 is 2.45 bits per heavy atom. The Morgan fingerprint density at radius 1 is 1.14 bits per heavy atom. The molecule has 0 fully saturated rings. The van der Waals surface area contributed by atoms with Gasteiger partial charge in [-0.05, 0) is 30.0 Å². The summed E-state index contributed by atoms with van der Waals surface area (Å²) in [6.45, 7) is 4.74. The van der Waals surface area contributed by atoms with Crippen molar-refractivity contribution in [2.45, 2.75) is 39.7 Å². The molecule has 3 heteroatoms. The van der Waals surface area contributed by atoms with E-state index in [1.54, 1.807) is 6.08 Å². The number of amides is 1. The monoisotopic (exact) mass is 296 g/mol. The lowest BCUT2D eigenvalue weighted by Gasteiger charge is -2.10. The topological polar surface area (TPSA) is 55.1 Å². The van der Waals surface area contributed by atoms with Gasteiger partial charge in [0.2, 0.25) is 0 Å². The summed E-state index contributed by atoms with van der Waals surface area (Å²) < 4.78 is 0. The number of nitrogens with two attached hydrogens (primary N) is 1. The van der Waals surface area contributed by atoms with E-state index in [0.717, 1.165) is 18.4 Å². The van der Waals surface area contributed by atoms with E-state index in [0.29, 0.717) is 24.2 Å². The molecule has 1 aliphatic carbocycles. The molecule has 1 amide bonds. The highest BCUT2D eigenvalue weighted by Crippen LogP contribution is 2.18. The largest absolute Gasteiger partial charge is 0.401 e. The minimum Gasteiger partial charge on any atom is -0.401 e. The Hall–Kier alpha value is -2.29. The van der Waals surface area contributed by atoms with Crippen LogP contribution in [-0.4, -0.2) is 5.91 Å². The molecule has 0 bridgehead atoms. The van der Waals surface area contributed by atoms with Crippen LogP contribution in [0, 0.1) is 0 Å². The normalized spacial score (nSPS) is 14.5. The molecule has 0 unspecified atom stereocenters. The predicted molar refractivity (Wildman–Crippen MR) is 91.0 cm³/mol. The lowest BCUT2D eigenvalue weighted by molar-refractivity contribution is -0.117. The summed E-state index contributed by atoms with van der Waals surface area (Å²) in [5.74, 6) is -0.112. The van der Waals surface area contributed by atoms with Crippen LogP contribution < -0.4 is 11.1 Å². The first kappa shape index (κ1) is 16.1. The third kappa shape index (κ3) is 4.10. The molecular weight excluding hydrogens is 272 g/mol. The predicted octanol–water partition coefficient (Wildman–Crippen LogP) is 3.37. The van der Waals surface area contributed by atoms with Gasteiger partial charge in [0.15, 0.2) is 0 Å². The van der Waals surface area contributed by atoms with Gasteiger partial charge in [0, 0.05) is 18.7 Å². The summed E-state index contributed by atoms with van der Waals surface area (Å²) in [4.78, 5) is 12.3. The highest BCUT2D eigenvalue weighted by molar-refractivity contribution is 5.97. The molecule has 0 heterocycles. The van der Waals surface area contributed by atoms with Crippen molar-refractivity contribution in [2.75, 3.05) is 0 Å². The molecule has 0 radical (unpaired) electrons. The van der Waals surface area contributed by atoms with Crippen LogP contribution in [0.25, 0.3) is 0 Å². The first-order valence-electron chi connectivity index (χ1n) is 7.84. The molecule has 0 saturated heterocycles. The van der Waals surface area contributed by atoms with Crippen molar-refractivity contribution in [1.29, 1.82) is 0 Å². The van der Waals surface area contributed by atoms with Crippen molar-refractivity contribution in [3.8, 4) is 0 Å². The van der Waals surface area contributed by atoms with Crippen molar-refractivity contribution in [3.63, 3.8) is 0 Å². The molecule has 116 valence electrons. The van der Waals surface area contributed by atoms with Crippen molar-refractivity contribution in [3.05, 3.63) is 70.5 Å². The second-order valence-electron chi connectivity index (χ2n) is 5.51. The van der Waals surface area contributed by atoms with Crippen LogP contribution in [0.5, 0.6) is 0 Å². The summed E-state index contributed by atoms with van der Waals surface area (Å²) in [7, 11) is 0. The van der Waals surface area contributed by atoms with Crippen LogP contribution >= 0.6 is 0 Å². The Kier molecular flexibility index (Phi) is 5.59. The zero-order valence-electron chi connectivity index (χ0n) is 13.4. The molecule has 22 heavy (non-hydrogen) atoms. The highest BCUT2D eigenvalue weighted by Gasteiger charge is 2.13. The second kappa shape index (κ2) is 7.64. The Labute approximate surface area is 132 Å². The van der Waals surface area contributed by atoms with Crippen LogP contribution in [-0.2, 0) is 17.8 Å². The number of carbonyl (C=O) groups is 1. The second-order valence-corrected chi connectivity index (χ2v) is 5.51. The lowest BCUT2D eigenvalue weighted by atomic mass is 10.1. The van der Waals surface area contributed by atoms with Crippen molar-refractivity contribution >= 4 is 5.91 Å². The average molecular weight is 296 g/mol. The number of benzene rings is 1. The summed E-state index contributed by atoms with van der Waals surface area (Å²) in [6.07, 6.45) is 8.38. The number of hydrogen-bond donors (Lipinski definition) is 2. The van der Waals surface area contributed by atoms with Gasteiger partial charge in [0.1, 0.15) is 0 Å². The molecule has 0 aromatic heterocycles. The fourth-order valence-electron chi connectivity index (χ4n) is 2.42. The van der Waals surface area contributed by atoms with E-state index in [1.807, 2.05) is 12.2 Å². The van der Waals surface area contributed by atoms with E-state index in [4.69, 9.17) is 5.73 Å². The van der Waals surface area contributed by atoms with Gasteiger partial charge in [-0.1, -0.05) is 55.8 Å². The van der Waals surface area contributed by atoms with Crippen LogP contribution in [0.15, 0.2) is 59.3 Å². The maximum atomic E-state index is 12.3. The molecule has 1 aromatic rings. The molecular formula is C19H24N2O. The van der Waals surface area contributed by atoms with E-state index in [-0.39, 0.29) is 5.91 Å². The van der Waals surface area contributed by atoms with Crippen LogP contribution in [0.3, 0.4) is 0 Å². The third-order valence-electron chi connectivity index (χ3n) is 3.94. The van der Waals surface area contributed by atoms with Crippen LogP contribution in [0.2, 0.25) is 0 Å². The summed E-state index contributed by atoms with van der Waals surface area (Å²) >= 11 is 0. The van der Waals surface area contributed by atoms with Gasteiger partial charge in [0.05, 0.1) is 5.57 Å². The van der Waals surface area contributed by atoms with Crippen molar-refractivity contribution in [2.24, 2.45) is 5.73 Å². The van der Waals surface area contributed by atoms with Crippen LogP contribution in [0.1, 0.15) is 37.8 Å². The number of aryl methyl sites for hydroxylation is 1. The van der Waals surface area contributed by atoms with E-state index < -0.39 is 0 Å². The molecule has 1 aromatic carbocycles. The van der Waals surface area contributed by atoms with Gasteiger partial charge >= 0.3 is 0 Å². The van der Waals surface area contributed by atoms with Gasteiger partial charge in [-0.15, -0.1) is 0 Å². The fraction of sp³-hybridized carbons (Fsp3) is 0.316. The molecule has 1 aliphatic rings. The molecule has 0 aliphatic heterocycles. The zero-order valence-corrected chi connectivity index (χ0v) is 13.4. The minimum absolute atomic E-state index is 0.112. The maximum absolute atomic E-state index is 12.3. The average Bonchev–Trinajstić information content (AvgIpc) is 2.74. The molecule has 0 spiro atoms. The summed E-state index contributed by atoms with van der Waals surface area (Å²) in [5, 5.41) is 2.95. The molecule has 0 atom stereocenters. The Bertz CT molecular complexity index is 621. The maximum Gasteiger partial charge on any atom is 0.253 e. The number of carbonyl (C=O) groups excluding carboxylic acids is 1. The molecule has 3 nitrogen and oxygen atoms in total. The van der Waals surface area contributed by atoms with Crippen molar-refractivity contribution < 1.29 is 4.79 Å². The quantitative estimate of drug-likeness (QED) is 0.875. The summed E-state index contributed by atoms with van der Waals surface area (Å²) in [6, 6.07) is 8.29. The van der Waals surface area contributed by atoms with Gasteiger partial charge in [-0.2, -0.15) is 0 Å². The van der Waals surface area contributed by atoms with Crippen molar-refractivity contribution in [1.82, 2.24) is 5.32 Å². The Morgan fingerprint density at radius 2 is 1.82 bits per heavy atom. The highest BCUT2D eigenvalue weighted by atomic mass is 16.1. The van der Waals surface area contributed by atoms with E-state index in [9.17, 15) is 4.79 Å². The fourth-order valence-corrected chi connectivity index (χ4v) is 2.42. The van der Waals surface area contributed by atoms with Crippen LogP contribution in [0.4, 0.5) is 0 Å². The number of nitrogens with one attached hydrogen (secondary N) is 1. The number of hydrogen-bond acceptors (Lipinski definition) is 2. The first-order chi connectivity index (χ1) is 10.6. The first-order valence-corrected chi connectivity index (χ1v) is 7.84. The zero-order chi connectivity index (χ0) is 15.9. The molecule has 2 rings (SSSR count). The SMILES string of the molecule is CCC1=CC=CC(C(=O)NCc2ccc(CC)cc2)=C(N)C1. The number of rotatable bonds is 5. The summed E-state index contributed by atoms with van der Waals surface area (Å²) in [5.41, 5.74) is 10.9. The molecule has 3 N–H and O–H groups in total. The van der Waals surface area contributed by atoms with Gasteiger partial charge in [0.25, 0.3) is 5.91 Å². The Balaban J connectivity index is 1.99. The standard InChI is InChI=1S/C19H24N2O/c1-3-14-8-10-16(11-9-14)13-21-19(22)17-7-5-6-15(4-2)12-18(17)20/h5-11H,3-4,12-13,20H2,1-2H3,(H,21,22). The van der Waals surface area contributed by atoms with E-state index in [1.165, 1.54) is 11.1 Å². The van der Waals surface area contributed by atoms with Gasteiger partial charge < -0.3 is 11.1 Å². The third-order valence-corrected chi connectivity index (χ3v) is 3.94. The lowest BCUT2D eigenvalue weighted by Crippen LogP contribution is -2.26. The minimum atomic E-state index is -0.112. The number of allylic oxidation sites excluding steroid dienone is 3. The van der Waals surface area contributed by atoms with Gasteiger partial charge in [-0.25, -0.2) is 0 Å². The van der Waals surface area contributed by atoms with Gasteiger partial charge in [-0.3, -0.25) is 4.79 Å². The van der Waals surface area contributed by atoms with E-state index in [2.05, 4.69) is 43.4 Å².